The summed E-state index contributed by atoms with van der Waals surface area (Å²) in [5.41, 5.74) is -0.614. The Labute approximate surface area is 76.4 Å². The average molecular weight is 173 g/mol. The van der Waals surface area contributed by atoms with E-state index in [4.69, 9.17) is 0 Å². The molecule has 12 heavy (non-hydrogen) atoms. The molecule has 2 heteroatoms. The minimum atomic E-state index is -0.614. The number of nitrogens with one attached hydrogen (secondary N) is 1. The molecular weight excluding hydrogens is 150 g/mol. The summed E-state index contributed by atoms with van der Waals surface area (Å²) in [5, 5.41) is 12.9. The van der Waals surface area contributed by atoms with Crippen LogP contribution in [0, 0.1) is 5.92 Å². The zero-order valence-electron chi connectivity index (χ0n) is 9.02. The Morgan fingerprint density at radius 2 is 1.75 bits per heavy atom. The molecule has 0 amide bonds. The van der Waals surface area contributed by atoms with Gasteiger partial charge in [0.25, 0.3) is 0 Å². The van der Waals surface area contributed by atoms with Crippen LogP contribution in [0.3, 0.4) is 0 Å². The standard InChI is InChI=1S/C10H23NO/c1-8(2)6-7-11-9(3)10(4,5)12/h8-9,11-12H,6-7H2,1-5H3. The summed E-state index contributed by atoms with van der Waals surface area (Å²) >= 11 is 0. The van der Waals surface area contributed by atoms with E-state index in [0.29, 0.717) is 0 Å². The highest BCUT2D eigenvalue weighted by molar-refractivity contribution is 4.79. The van der Waals surface area contributed by atoms with Crippen LogP contribution >= 0.6 is 0 Å². The molecule has 0 aromatic carbocycles. The van der Waals surface area contributed by atoms with Gasteiger partial charge in [-0.3, -0.25) is 0 Å². The van der Waals surface area contributed by atoms with Crippen molar-refractivity contribution in [1.29, 1.82) is 0 Å². The molecule has 0 bridgehead atoms. The SMILES string of the molecule is CC(C)CCNC(C)C(C)(C)O. The van der Waals surface area contributed by atoms with Gasteiger partial charge in [0.1, 0.15) is 0 Å². The summed E-state index contributed by atoms with van der Waals surface area (Å²) in [7, 11) is 0. The van der Waals surface area contributed by atoms with E-state index in [2.05, 4.69) is 19.2 Å². The van der Waals surface area contributed by atoms with Gasteiger partial charge in [0.2, 0.25) is 0 Å². The predicted molar refractivity (Wildman–Crippen MR) is 53.2 cm³/mol. The van der Waals surface area contributed by atoms with E-state index >= 15 is 0 Å². The Morgan fingerprint density at radius 3 is 2.08 bits per heavy atom. The van der Waals surface area contributed by atoms with Gasteiger partial charge in [0.05, 0.1) is 5.60 Å². The Bertz CT molecular complexity index is 115. The van der Waals surface area contributed by atoms with Crippen molar-refractivity contribution in [3.05, 3.63) is 0 Å². The molecular formula is C10H23NO. The molecule has 0 aliphatic heterocycles. The van der Waals surface area contributed by atoms with Crippen LogP contribution in [0.4, 0.5) is 0 Å². The van der Waals surface area contributed by atoms with Crippen molar-refractivity contribution in [1.82, 2.24) is 5.32 Å². The molecule has 2 nitrogen and oxygen atoms in total. The number of rotatable bonds is 5. The van der Waals surface area contributed by atoms with Crippen molar-refractivity contribution in [2.75, 3.05) is 6.54 Å². The highest BCUT2D eigenvalue weighted by Gasteiger charge is 2.20. The van der Waals surface area contributed by atoms with E-state index in [9.17, 15) is 5.11 Å². The molecule has 0 radical (unpaired) electrons. The normalized spacial score (nSPS) is 15.2. The smallest absolute Gasteiger partial charge is 0.0741 e. The first-order chi connectivity index (χ1) is 5.34. The van der Waals surface area contributed by atoms with Gasteiger partial charge in [-0.05, 0) is 39.7 Å². The second kappa shape index (κ2) is 4.83. The fourth-order valence-electron chi connectivity index (χ4n) is 0.838. The van der Waals surface area contributed by atoms with Crippen molar-refractivity contribution >= 4 is 0 Å². The van der Waals surface area contributed by atoms with Crippen LogP contribution in [-0.2, 0) is 0 Å². The van der Waals surface area contributed by atoms with Gasteiger partial charge in [-0.25, -0.2) is 0 Å². The molecule has 0 aliphatic rings. The highest BCUT2D eigenvalue weighted by atomic mass is 16.3. The predicted octanol–water partition coefficient (Wildman–Crippen LogP) is 1.78. The van der Waals surface area contributed by atoms with Crippen molar-refractivity contribution in [3.63, 3.8) is 0 Å². The molecule has 0 spiro atoms. The summed E-state index contributed by atoms with van der Waals surface area (Å²) in [5.74, 6) is 0.728. The van der Waals surface area contributed by atoms with Gasteiger partial charge in [-0.1, -0.05) is 13.8 Å². The third kappa shape index (κ3) is 5.56. The lowest BCUT2D eigenvalue weighted by atomic mass is 10.0. The fourth-order valence-corrected chi connectivity index (χ4v) is 0.838. The van der Waals surface area contributed by atoms with Crippen LogP contribution in [0.25, 0.3) is 0 Å². The molecule has 0 heterocycles. The maximum absolute atomic E-state index is 9.59. The summed E-state index contributed by atoms with van der Waals surface area (Å²) in [6.07, 6.45) is 1.17. The largest absolute Gasteiger partial charge is 0.389 e. The highest BCUT2D eigenvalue weighted by Crippen LogP contribution is 2.07. The van der Waals surface area contributed by atoms with E-state index < -0.39 is 5.60 Å². The first-order valence-corrected chi connectivity index (χ1v) is 4.79. The van der Waals surface area contributed by atoms with E-state index in [1.54, 1.807) is 0 Å². The Kier molecular flexibility index (Phi) is 4.80. The van der Waals surface area contributed by atoms with E-state index in [1.807, 2.05) is 20.8 Å². The molecule has 0 aliphatic carbocycles. The number of hydrogen-bond acceptors (Lipinski definition) is 2. The zero-order chi connectivity index (χ0) is 9.78. The summed E-state index contributed by atoms with van der Waals surface area (Å²) in [6, 6.07) is 0.163. The van der Waals surface area contributed by atoms with Crippen LogP contribution in [0.2, 0.25) is 0 Å². The topological polar surface area (TPSA) is 32.3 Å². The molecule has 0 saturated heterocycles. The Hall–Kier alpha value is -0.0800. The van der Waals surface area contributed by atoms with Crippen molar-refractivity contribution in [3.8, 4) is 0 Å². The van der Waals surface area contributed by atoms with Crippen molar-refractivity contribution in [2.24, 2.45) is 5.92 Å². The van der Waals surface area contributed by atoms with E-state index in [-0.39, 0.29) is 6.04 Å². The molecule has 0 rings (SSSR count). The van der Waals surface area contributed by atoms with Crippen LogP contribution < -0.4 is 5.32 Å². The van der Waals surface area contributed by atoms with Crippen molar-refractivity contribution < 1.29 is 5.11 Å². The molecule has 0 saturated carbocycles. The lowest BCUT2D eigenvalue weighted by molar-refractivity contribution is 0.0441. The van der Waals surface area contributed by atoms with Gasteiger partial charge in [0.15, 0.2) is 0 Å². The molecule has 1 atom stereocenters. The quantitative estimate of drug-likeness (QED) is 0.664. The molecule has 1 unspecified atom stereocenters. The molecule has 2 N–H and O–H groups in total. The lowest BCUT2D eigenvalue weighted by Gasteiger charge is -2.27. The molecule has 0 aromatic rings. The maximum Gasteiger partial charge on any atom is 0.0741 e. The summed E-state index contributed by atoms with van der Waals surface area (Å²) in [6.45, 7) is 11.1. The Morgan fingerprint density at radius 1 is 1.25 bits per heavy atom. The average Bonchev–Trinajstić information content (AvgIpc) is 1.84. The van der Waals surface area contributed by atoms with Crippen LogP contribution in [-0.4, -0.2) is 23.3 Å². The second-order valence-electron chi connectivity index (χ2n) is 4.51. The van der Waals surface area contributed by atoms with Gasteiger partial charge >= 0.3 is 0 Å². The van der Waals surface area contributed by atoms with Crippen LogP contribution in [0.15, 0.2) is 0 Å². The lowest BCUT2D eigenvalue weighted by Crippen LogP contribution is -2.45. The monoisotopic (exact) mass is 173 g/mol. The van der Waals surface area contributed by atoms with Crippen molar-refractivity contribution in [2.45, 2.75) is 52.7 Å². The maximum atomic E-state index is 9.59. The van der Waals surface area contributed by atoms with Gasteiger partial charge in [0, 0.05) is 6.04 Å². The third-order valence-corrected chi connectivity index (χ3v) is 2.23. The first kappa shape index (κ1) is 11.9. The Balaban J connectivity index is 3.51. The first-order valence-electron chi connectivity index (χ1n) is 4.79. The van der Waals surface area contributed by atoms with E-state index in [0.717, 1.165) is 12.5 Å². The van der Waals surface area contributed by atoms with Gasteiger partial charge in [-0.2, -0.15) is 0 Å². The number of aliphatic hydroxyl groups is 1. The molecule has 0 fully saturated rings. The minimum Gasteiger partial charge on any atom is -0.389 e. The number of hydrogen-bond donors (Lipinski definition) is 2. The third-order valence-electron chi connectivity index (χ3n) is 2.23. The van der Waals surface area contributed by atoms with Crippen LogP contribution in [0.5, 0.6) is 0 Å². The fraction of sp³-hybridized carbons (Fsp3) is 1.00. The van der Waals surface area contributed by atoms with E-state index in [1.165, 1.54) is 6.42 Å². The second-order valence-corrected chi connectivity index (χ2v) is 4.51. The van der Waals surface area contributed by atoms with Crippen LogP contribution in [0.1, 0.15) is 41.0 Å². The summed E-state index contributed by atoms with van der Waals surface area (Å²) in [4.78, 5) is 0. The minimum absolute atomic E-state index is 0.163. The molecule has 74 valence electrons. The van der Waals surface area contributed by atoms with Gasteiger partial charge in [-0.15, -0.1) is 0 Å². The molecule has 0 aromatic heterocycles. The summed E-state index contributed by atoms with van der Waals surface area (Å²) < 4.78 is 0. The zero-order valence-corrected chi connectivity index (χ0v) is 9.02. The van der Waals surface area contributed by atoms with Gasteiger partial charge < -0.3 is 10.4 Å².